The van der Waals surface area contributed by atoms with Crippen LogP contribution in [0.1, 0.15) is 6.92 Å². The SMILES string of the molecule is CCNc1ccc(OC(F)F)cc1.Cl. The van der Waals surface area contributed by atoms with Gasteiger partial charge in [0, 0.05) is 12.2 Å². The standard InChI is InChI=1S/C9H11F2NO.ClH/c1-2-12-7-3-5-8(6-4-7)13-9(10)11;/h3-6,9,12H,2H2,1H3;1H. The summed E-state index contributed by atoms with van der Waals surface area (Å²) in [5, 5.41) is 3.04. The minimum Gasteiger partial charge on any atom is -0.435 e. The molecule has 0 heterocycles. The number of anilines is 1. The first-order valence-electron chi connectivity index (χ1n) is 4.01. The van der Waals surface area contributed by atoms with Crippen LogP contribution in [0.2, 0.25) is 0 Å². The van der Waals surface area contributed by atoms with Crippen molar-refractivity contribution in [1.82, 2.24) is 0 Å². The minimum absolute atomic E-state index is 0. The predicted molar refractivity (Wildman–Crippen MR) is 54.5 cm³/mol. The van der Waals surface area contributed by atoms with Crippen molar-refractivity contribution in [2.45, 2.75) is 13.5 Å². The summed E-state index contributed by atoms with van der Waals surface area (Å²) >= 11 is 0. The van der Waals surface area contributed by atoms with Crippen LogP contribution < -0.4 is 10.1 Å². The zero-order valence-electron chi connectivity index (χ0n) is 7.67. The van der Waals surface area contributed by atoms with Gasteiger partial charge in [-0.25, -0.2) is 0 Å². The fraction of sp³-hybridized carbons (Fsp3) is 0.333. The maximum Gasteiger partial charge on any atom is 0.387 e. The number of rotatable bonds is 4. The first-order valence-corrected chi connectivity index (χ1v) is 4.01. The lowest BCUT2D eigenvalue weighted by molar-refractivity contribution is -0.0498. The van der Waals surface area contributed by atoms with Crippen molar-refractivity contribution in [2.24, 2.45) is 0 Å². The topological polar surface area (TPSA) is 21.3 Å². The van der Waals surface area contributed by atoms with E-state index in [2.05, 4.69) is 10.1 Å². The average Bonchev–Trinajstić information content (AvgIpc) is 2.08. The molecule has 0 spiro atoms. The van der Waals surface area contributed by atoms with Crippen LogP contribution in [0.3, 0.4) is 0 Å². The summed E-state index contributed by atoms with van der Waals surface area (Å²) in [5.41, 5.74) is 0.893. The smallest absolute Gasteiger partial charge is 0.387 e. The second-order valence-corrected chi connectivity index (χ2v) is 2.43. The average molecular weight is 224 g/mol. The van der Waals surface area contributed by atoms with Gasteiger partial charge in [0.1, 0.15) is 5.75 Å². The lowest BCUT2D eigenvalue weighted by atomic mass is 10.3. The molecule has 0 aliphatic carbocycles. The first kappa shape index (κ1) is 13.0. The summed E-state index contributed by atoms with van der Waals surface area (Å²) in [4.78, 5) is 0. The Labute approximate surface area is 87.7 Å². The van der Waals surface area contributed by atoms with Gasteiger partial charge < -0.3 is 10.1 Å². The number of ether oxygens (including phenoxy) is 1. The van der Waals surface area contributed by atoms with Crippen molar-refractivity contribution in [1.29, 1.82) is 0 Å². The van der Waals surface area contributed by atoms with Crippen molar-refractivity contribution in [3.63, 3.8) is 0 Å². The van der Waals surface area contributed by atoms with E-state index in [0.717, 1.165) is 12.2 Å². The van der Waals surface area contributed by atoms with E-state index >= 15 is 0 Å². The Hall–Kier alpha value is -1.03. The molecule has 0 bridgehead atoms. The Morgan fingerprint density at radius 2 is 1.86 bits per heavy atom. The molecule has 0 saturated heterocycles. The van der Waals surface area contributed by atoms with Crippen molar-refractivity contribution in [3.8, 4) is 5.75 Å². The number of alkyl halides is 2. The molecule has 80 valence electrons. The van der Waals surface area contributed by atoms with Crippen molar-refractivity contribution in [2.75, 3.05) is 11.9 Å². The van der Waals surface area contributed by atoms with Gasteiger partial charge in [-0.3, -0.25) is 0 Å². The fourth-order valence-electron chi connectivity index (χ4n) is 0.958. The Balaban J connectivity index is 0.00000169. The largest absolute Gasteiger partial charge is 0.435 e. The van der Waals surface area contributed by atoms with E-state index in [1.807, 2.05) is 6.92 Å². The van der Waals surface area contributed by atoms with E-state index in [9.17, 15) is 8.78 Å². The molecule has 0 fully saturated rings. The lowest BCUT2D eigenvalue weighted by Gasteiger charge is -2.06. The highest BCUT2D eigenvalue weighted by Gasteiger charge is 2.02. The molecule has 0 aliphatic heterocycles. The van der Waals surface area contributed by atoms with Crippen molar-refractivity contribution >= 4 is 18.1 Å². The van der Waals surface area contributed by atoms with E-state index in [0.29, 0.717) is 0 Å². The zero-order chi connectivity index (χ0) is 9.68. The third kappa shape index (κ3) is 4.28. The summed E-state index contributed by atoms with van der Waals surface area (Å²) in [7, 11) is 0. The summed E-state index contributed by atoms with van der Waals surface area (Å²) < 4.78 is 27.6. The van der Waals surface area contributed by atoms with Gasteiger partial charge in [0.15, 0.2) is 0 Å². The molecule has 0 atom stereocenters. The Morgan fingerprint density at radius 1 is 1.29 bits per heavy atom. The van der Waals surface area contributed by atoms with Crippen LogP contribution in [0.15, 0.2) is 24.3 Å². The van der Waals surface area contributed by atoms with Crippen LogP contribution in [0, 0.1) is 0 Å². The molecular weight excluding hydrogens is 212 g/mol. The molecule has 0 unspecified atom stereocenters. The molecule has 2 nitrogen and oxygen atoms in total. The molecule has 0 aromatic heterocycles. The van der Waals surface area contributed by atoms with Gasteiger partial charge in [-0.2, -0.15) is 8.78 Å². The Kier molecular flexibility index (Phi) is 5.95. The van der Waals surface area contributed by atoms with E-state index in [1.54, 1.807) is 12.1 Å². The van der Waals surface area contributed by atoms with Crippen LogP contribution >= 0.6 is 12.4 Å². The first-order chi connectivity index (χ1) is 6.22. The molecule has 1 aromatic carbocycles. The number of benzene rings is 1. The van der Waals surface area contributed by atoms with Crippen molar-refractivity contribution in [3.05, 3.63) is 24.3 Å². The fourth-order valence-corrected chi connectivity index (χ4v) is 0.958. The minimum atomic E-state index is -2.76. The molecule has 14 heavy (non-hydrogen) atoms. The second kappa shape index (κ2) is 6.43. The van der Waals surface area contributed by atoms with E-state index < -0.39 is 6.61 Å². The molecule has 0 aliphatic rings. The maximum absolute atomic E-state index is 11.7. The van der Waals surface area contributed by atoms with E-state index in [4.69, 9.17) is 0 Å². The van der Waals surface area contributed by atoms with Gasteiger partial charge in [-0.05, 0) is 31.2 Å². The van der Waals surface area contributed by atoms with Gasteiger partial charge in [0.2, 0.25) is 0 Å². The summed E-state index contributed by atoms with van der Waals surface area (Å²) in [6, 6.07) is 6.40. The van der Waals surface area contributed by atoms with Gasteiger partial charge in [0.05, 0.1) is 0 Å². The lowest BCUT2D eigenvalue weighted by Crippen LogP contribution is -2.02. The number of hydrogen-bond acceptors (Lipinski definition) is 2. The molecule has 0 amide bonds. The highest BCUT2D eigenvalue weighted by molar-refractivity contribution is 5.85. The molecule has 0 radical (unpaired) electrons. The normalized spacial score (nSPS) is 9.43. The second-order valence-electron chi connectivity index (χ2n) is 2.43. The highest BCUT2D eigenvalue weighted by Crippen LogP contribution is 2.17. The molecular formula is C9H12ClF2NO. The molecule has 5 heteroatoms. The van der Waals surface area contributed by atoms with E-state index in [1.165, 1.54) is 12.1 Å². The number of nitrogens with one attached hydrogen (secondary N) is 1. The van der Waals surface area contributed by atoms with Crippen LogP contribution in [0.5, 0.6) is 5.75 Å². The molecule has 1 N–H and O–H groups in total. The Bertz CT molecular complexity index is 253. The summed E-state index contributed by atoms with van der Waals surface area (Å²) in [5.74, 6) is 0.177. The molecule has 0 saturated carbocycles. The molecule has 1 aromatic rings. The van der Waals surface area contributed by atoms with E-state index in [-0.39, 0.29) is 18.2 Å². The van der Waals surface area contributed by atoms with Gasteiger partial charge >= 0.3 is 6.61 Å². The zero-order valence-corrected chi connectivity index (χ0v) is 8.48. The summed E-state index contributed by atoms with van der Waals surface area (Å²) in [6.45, 7) is 0.00325. The van der Waals surface area contributed by atoms with Crippen LogP contribution in [-0.2, 0) is 0 Å². The van der Waals surface area contributed by atoms with Gasteiger partial charge in [0.25, 0.3) is 0 Å². The van der Waals surface area contributed by atoms with Crippen LogP contribution in [0.25, 0.3) is 0 Å². The molecule has 1 rings (SSSR count). The summed E-state index contributed by atoms with van der Waals surface area (Å²) in [6.07, 6.45) is 0. The third-order valence-corrected chi connectivity index (χ3v) is 1.46. The number of hydrogen-bond donors (Lipinski definition) is 1. The Morgan fingerprint density at radius 3 is 2.29 bits per heavy atom. The van der Waals surface area contributed by atoms with Gasteiger partial charge in [-0.15, -0.1) is 12.4 Å². The van der Waals surface area contributed by atoms with Crippen LogP contribution in [0.4, 0.5) is 14.5 Å². The van der Waals surface area contributed by atoms with Crippen molar-refractivity contribution < 1.29 is 13.5 Å². The number of halogens is 3. The highest BCUT2D eigenvalue weighted by atomic mass is 35.5. The maximum atomic E-state index is 11.7. The van der Waals surface area contributed by atoms with Gasteiger partial charge in [-0.1, -0.05) is 0 Å². The quantitative estimate of drug-likeness (QED) is 0.847. The predicted octanol–water partition coefficient (Wildman–Crippen LogP) is 3.14. The monoisotopic (exact) mass is 223 g/mol. The van der Waals surface area contributed by atoms with Crippen LogP contribution in [-0.4, -0.2) is 13.2 Å². The third-order valence-electron chi connectivity index (χ3n) is 1.46.